The number of aliphatic hydroxyl groups excluding tert-OH is 2. The van der Waals surface area contributed by atoms with Crippen molar-refractivity contribution in [3.8, 4) is 0 Å². The highest BCUT2D eigenvalue weighted by molar-refractivity contribution is 5.83. The van der Waals surface area contributed by atoms with Crippen LogP contribution < -0.4 is 5.32 Å². The van der Waals surface area contributed by atoms with Crippen LogP contribution >= 0.6 is 0 Å². The molecule has 2 aromatic rings. The van der Waals surface area contributed by atoms with E-state index in [0.717, 1.165) is 10.9 Å². The summed E-state index contributed by atoms with van der Waals surface area (Å²) in [5.74, 6) is 0. The fourth-order valence-electron chi connectivity index (χ4n) is 2.19. The number of hydrogen-bond acceptors (Lipinski definition) is 4. The van der Waals surface area contributed by atoms with E-state index in [-0.39, 0.29) is 6.54 Å². The van der Waals surface area contributed by atoms with Crippen molar-refractivity contribution < 1.29 is 19.7 Å². The van der Waals surface area contributed by atoms with Crippen LogP contribution in [0.4, 0.5) is 4.79 Å². The second-order valence-electron chi connectivity index (χ2n) is 6.18. The van der Waals surface area contributed by atoms with E-state index >= 15 is 0 Å². The molecule has 1 amide bonds. The van der Waals surface area contributed by atoms with Gasteiger partial charge in [0.2, 0.25) is 0 Å². The summed E-state index contributed by atoms with van der Waals surface area (Å²) in [5, 5.41) is 23.7. The third-order valence-corrected chi connectivity index (χ3v) is 3.17. The minimum atomic E-state index is -1.13. The Morgan fingerprint density at radius 2 is 2.05 bits per heavy atom. The average Bonchev–Trinajstić information content (AvgIpc) is 2.90. The number of ether oxygens (including phenoxy) is 1. The maximum Gasteiger partial charge on any atom is 0.407 e. The zero-order valence-electron chi connectivity index (χ0n) is 13.0. The summed E-state index contributed by atoms with van der Waals surface area (Å²) in [6, 6.07) is 7.27. The summed E-state index contributed by atoms with van der Waals surface area (Å²) < 4.78 is 5.08. The maximum atomic E-state index is 11.6. The van der Waals surface area contributed by atoms with Crippen LogP contribution in [0.15, 0.2) is 30.5 Å². The molecule has 120 valence electrons. The number of nitrogens with one attached hydrogen (secondary N) is 2. The second kappa shape index (κ2) is 6.37. The lowest BCUT2D eigenvalue weighted by Gasteiger charge is -2.22. The molecule has 6 heteroatoms. The molecule has 1 aromatic carbocycles. The van der Waals surface area contributed by atoms with Crippen molar-refractivity contribution in [2.45, 2.75) is 38.6 Å². The third kappa shape index (κ3) is 3.99. The molecule has 4 N–H and O–H groups in total. The molecule has 6 nitrogen and oxygen atoms in total. The monoisotopic (exact) mass is 306 g/mol. The number of aliphatic hydroxyl groups is 2. The molecular weight excluding hydrogens is 284 g/mol. The molecule has 0 spiro atoms. The van der Waals surface area contributed by atoms with Gasteiger partial charge in [0.1, 0.15) is 17.8 Å². The number of alkyl carbamates (subject to hydrolysis) is 1. The average molecular weight is 306 g/mol. The van der Waals surface area contributed by atoms with Gasteiger partial charge in [0.05, 0.1) is 0 Å². The molecule has 0 saturated carbocycles. The van der Waals surface area contributed by atoms with Gasteiger partial charge in [-0.15, -0.1) is 0 Å². The zero-order chi connectivity index (χ0) is 16.3. The Bertz CT molecular complexity index is 645. The number of hydrogen-bond donors (Lipinski definition) is 4. The molecule has 1 heterocycles. The normalized spacial score (nSPS) is 14.6. The van der Waals surface area contributed by atoms with Gasteiger partial charge >= 0.3 is 6.09 Å². The second-order valence-corrected chi connectivity index (χ2v) is 6.18. The summed E-state index contributed by atoms with van der Waals surface area (Å²) in [7, 11) is 0. The summed E-state index contributed by atoms with van der Waals surface area (Å²) >= 11 is 0. The molecule has 2 unspecified atom stereocenters. The Hall–Kier alpha value is -2.05. The van der Waals surface area contributed by atoms with Crippen molar-refractivity contribution in [1.82, 2.24) is 10.3 Å². The smallest absolute Gasteiger partial charge is 0.407 e. The Morgan fingerprint density at radius 3 is 2.73 bits per heavy atom. The number of benzene rings is 1. The van der Waals surface area contributed by atoms with Crippen LogP contribution in [0.25, 0.3) is 10.9 Å². The van der Waals surface area contributed by atoms with E-state index in [0.29, 0.717) is 5.56 Å². The standard InChI is InChI=1S/C16H22N2O4/c1-16(2,3)22-15(21)18-9-13(19)14(20)11-5-4-6-12-10(11)7-8-17-12/h4-8,13-14,17,19-20H,9H2,1-3H3,(H,18,21). The van der Waals surface area contributed by atoms with Gasteiger partial charge in [-0.05, 0) is 38.5 Å². The minimum Gasteiger partial charge on any atom is -0.444 e. The predicted molar refractivity (Wildman–Crippen MR) is 83.5 cm³/mol. The first-order chi connectivity index (χ1) is 10.3. The van der Waals surface area contributed by atoms with Gasteiger partial charge in [0, 0.05) is 23.6 Å². The quantitative estimate of drug-likeness (QED) is 0.695. The Kier molecular flexibility index (Phi) is 4.73. The third-order valence-electron chi connectivity index (χ3n) is 3.17. The van der Waals surface area contributed by atoms with Crippen molar-refractivity contribution in [3.63, 3.8) is 0 Å². The highest BCUT2D eigenvalue weighted by atomic mass is 16.6. The molecule has 0 fully saturated rings. The van der Waals surface area contributed by atoms with Crippen LogP contribution in [-0.4, -0.2) is 39.5 Å². The molecule has 1 aromatic heterocycles. The number of aromatic amines is 1. The van der Waals surface area contributed by atoms with Crippen molar-refractivity contribution in [2.24, 2.45) is 0 Å². The molecule has 0 radical (unpaired) electrons. The Balaban J connectivity index is 1.99. The molecule has 0 aliphatic carbocycles. The minimum absolute atomic E-state index is 0.100. The number of carbonyl (C=O) groups excluding carboxylic acids is 1. The lowest BCUT2D eigenvalue weighted by atomic mass is 10.0. The van der Waals surface area contributed by atoms with E-state index in [1.807, 2.05) is 12.1 Å². The zero-order valence-corrected chi connectivity index (χ0v) is 13.0. The highest BCUT2D eigenvalue weighted by Gasteiger charge is 2.22. The van der Waals surface area contributed by atoms with Crippen molar-refractivity contribution >= 4 is 17.0 Å². The summed E-state index contributed by atoms with van der Waals surface area (Å²) in [6.07, 6.45) is -1.09. The largest absolute Gasteiger partial charge is 0.444 e. The number of aromatic nitrogens is 1. The number of fused-ring (bicyclic) bond motifs is 1. The first kappa shape index (κ1) is 16.3. The topological polar surface area (TPSA) is 94.6 Å². The predicted octanol–water partition coefficient (Wildman–Crippen LogP) is 2.09. The lowest BCUT2D eigenvalue weighted by Crippen LogP contribution is -2.38. The van der Waals surface area contributed by atoms with Gasteiger partial charge in [-0.2, -0.15) is 0 Å². The number of rotatable bonds is 4. The maximum absolute atomic E-state index is 11.6. The fraction of sp³-hybridized carbons (Fsp3) is 0.438. The summed E-state index contributed by atoms with van der Waals surface area (Å²) in [6.45, 7) is 5.16. The van der Waals surface area contributed by atoms with Crippen LogP contribution in [0.5, 0.6) is 0 Å². The lowest BCUT2D eigenvalue weighted by molar-refractivity contribution is 0.0136. The van der Waals surface area contributed by atoms with Crippen LogP contribution in [0.3, 0.4) is 0 Å². The number of carbonyl (C=O) groups is 1. The van der Waals surface area contributed by atoms with E-state index in [4.69, 9.17) is 4.74 Å². The molecule has 0 aliphatic heterocycles. The van der Waals surface area contributed by atoms with Crippen molar-refractivity contribution in [2.75, 3.05) is 6.54 Å². The number of amides is 1. The van der Waals surface area contributed by atoms with Crippen LogP contribution in [0.1, 0.15) is 32.4 Å². The molecule has 22 heavy (non-hydrogen) atoms. The molecule has 0 bridgehead atoms. The Morgan fingerprint density at radius 1 is 1.32 bits per heavy atom. The summed E-state index contributed by atoms with van der Waals surface area (Å²) in [4.78, 5) is 14.6. The van der Waals surface area contributed by atoms with E-state index in [1.165, 1.54) is 0 Å². The van der Waals surface area contributed by atoms with E-state index in [2.05, 4.69) is 10.3 Å². The van der Waals surface area contributed by atoms with Gasteiger partial charge in [-0.25, -0.2) is 4.79 Å². The van der Waals surface area contributed by atoms with E-state index < -0.39 is 23.9 Å². The fourth-order valence-corrected chi connectivity index (χ4v) is 2.19. The van der Waals surface area contributed by atoms with Gasteiger partial charge < -0.3 is 25.3 Å². The van der Waals surface area contributed by atoms with E-state index in [9.17, 15) is 15.0 Å². The van der Waals surface area contributed by atoms with Crippen molar-refractivity contribution in [1.29, 1.82) is 0 Å². The Labute approximate surface area is 129 Å². The number of H-pyrrole nitrogens is 1. The van der Waals surface area contributed by atoms with E-state index in [1.54, 1.807) is 39.1 Å². The highest BCUT2D eigenvalue weighted by Crippen LogP contribution is 2.25. The molecular formula is C16H22N2O4. The van der Waals surface area contributed by atoms with Crippen LogP contribution in [-0.2, 0) is 4.74 Å². The molecule has 0 aliphatic rings. The van der Waals surface area contributed by atoms with Crippen LogP contribution in [0, 0.1) is 0 Å². The van der Waals surface area contributed by atoms with Gasteiger partial charge in [0.15, 0.2) is 0 Å². The van der Waals surface area contributed by atoms with Gasteiger partial charge in [0.25, 0.3) is 0 Å². The molecule has 2 rings (SSSR count). The first-order valence-electron chi connectivity index (χ1n) is 7.17. The summed E-state index contributed by atoms with van der Waals surface area (Å²) in [5.41, 5.74) is 0.880. The van der Waals surface area contributed by atoms with Gasteiger partial charge in [-0.3, -0.25) is 0 Å². The van der Waals surface area contributed by atoms with Crippen LogP contribution in [0.2, 0.25) is 0 Å². The first-order valence-corrected chi connectivity index (χ1v) is 7.17. The molecule has 0 saturated heterocycles. The SMILES string of the molecule is CC(C)(C)OC(=O)NCC(O)C(O)c1cccc2[nH]ccc12. The molecule has 2 atom stereocenters. The van der Waals surface area contributed by atoms with Crippen molar-refractivity contribution in [3.05, 3.63) is 36.0 Å². The van der Waals surface area contributed by atoms with Gasteiger partial charge in [-0.1, -0.05) is 12.1 Å².